The second-order valence-electron chi connectivity index (χ2n) is 5.55. The molecule has 1 heterocycles. The van der Waals surface area contributed by atoms with E-state index in [9.17, 15) is 0 Å². The molecule has 4 rings (SSSR count). The molecule has 0 bridgehead atoms. The summed E-state index contributed by atoms with van der Waals surface area (Å²) in [6, 6.07) is 29.8. The molecular weight excluding hydrogens is 308 g/mol. The average Bonchev–Trinajstić information content (AvgIpc) is 3.13. The highest BCUT2D eigenvalue weighted by Gasteiger charge is 2.13. The van der Waals surface area contributed by atoms with E-state index in [0.29, 0.717) is 5.95 Å². The van der Waals surface area contributed by atoms with Crippen molar-refractivity contribution in [3.63, 3.8) is 0 Å². The van der Waals surface area contributed by atoms with Crippen molar-refractivity contribution >= 4 is 11.6 Å². The van der Waals surface area contributed by atoms with E-state index in [1.165, 1.54) is 0 Å². The molecule has 0 saturated carbocycles. The van der Waals surface area contributed by atoms with Crippen molar-refractivity contribution in [1.29, 1.82) is 0 Å². The molecule has 0 saturated heterocycles. The second-order valence-corrected chi connectivity index (χ2v) is 5.55. The number of rotatable bonds is 4. The lowest BCUT2D eigenvalue weighted by Gasteiger charge is -2.02. The van der Waals surface area contributed by atoms with Gasteiger partial charge in [-0.3, -0.25) is 0 Å². The third-order valence-electron chi connectivity index (χ3n) is 3.82. The summed E-state index contributed by atoms with van der Waals surface area (Å²) in [7, 11) is 0. The van der Waals surface area contributed by atoms with Gasteiger partial charge in [0.25, 0.3) is 0 Å². The molecule has 120 valence electrons. The molecule has 4 heteroatoms. The number of aromatic amines is 1. The molecule has 4 aromatic rings. The van der Waals surface area contributed by atoms with Crippen LogP contribution in [-0.4, -0.2) is 9.97 Å². The fraction of sp³-hybridized carbons (Fsp3) is 0. The third-order valence-corrected chi connectivity index (χ3v) is 3.82. The largest absolute Gasteiger partial charge is 0.320 e. The molecule has 25 heavy (non-hydrogen) atoms. The maximum absolute atomic E-state index is 4.66. The molecule has 0 aliphatic rings. The standard InChI is InChI=1S/C21H16N4/c1-4-10-16(11-5-1)19-20(17-12-6-2-7-13-17)23-21(22-19)25-24-18-14-8-3-9-15-18/h1-15H,(H,22,23). The van der Waals surface area contributed by atoms with Gasteiger partial charge in [0.2, 0.25) is 5.95 Å². The van der Waals surface area contributed by atoms with E-state index in [2.05, 4.69) is 32.3 Å². The molecule has 1 aromatic heterocycles. The highest BCUT2D eigenvalue weighted by Crippen LogP contribution is 2.32. The van der Waals surface area contributed by atoms with Crippen LogP contribution >= 0.6 is 0 Å². The third kappa shape index (κ3) is 3.38. The quantitative estimate of drug-likeness (QED) is 0.449. The van der Waals surface area contributed by atoms with E-state index in [1.807, 2.05) is 78.9 Å². The van der Waals surface area contributed by atoms with Crippen molar-refractivity contribution < 1.29 is 0 Å². The summed E-state index contributed by atoms with van der Waals surface area (Å²) in [6.07, 6.45) is 0. The fourth-order valence-electron chi connectivity index (χ4n) is 2.63. The maximum atomic E-state index is 4.66. The molecule has 3 aromatic carbocycles. The predicted octanol–water partition coefficient (Wildman–Crippen LogP) is 6.16. The molecule has 0 amide bonds. The molecule has 0 radical (unpaired) electrons. The Bertz CT molecular complexity index is 917. The number of H-pyrrole nitrogens is 1. The number of azo groups is 1. The van der Waals surface area contributed by atoms with E-state index in [1.54, 1.807) is 0 Å². The second kappa shape index (κ2) is 6.93. The Morgan fingerprint density at radius 1 is 0.600 bits per heavy atom. The van der Waals surface area contributed by atoms with Gasteiger partial charge in [-0.05, 0) is 12.1 Å². The van der Waals surface area contributed by atoms with Gasteiger partial charge in [-0.1, -0.05) is 78.9 Å². The van der Waals surface area contributed by atoms with Gasteiger partial charge in [-0.15, -0.1) is 10.2 Å². The normalized spacial score (nSPS) is 11.0. The van der Waals surface area contributed by atoms with Crippen LogP contribution in [0.4, 0.5) is 11.6 Å². The van der Waals surface area contributed by atoms with Gasteiger partial charge in [0.05, 0.1) is 17.1 Å². The van der Waals surface area contributed by atoms with Gasteiger partial charge in [0.15, 0.2) is 0 Å². The van der Waals surface area contributed by atoms with Crippen LogP contribution < -0.4 is 0 Å². The van der Waals surface area contributed by atoms with Crippen LogP contribution in [0.3, 0.4) is 0 Å². The number of hydrogen-bond donors (Lipinski definition) is 1. The Morgan fingerprint density at radius 3 is 1.80 bits per heavy atom. The number of nitrogens with one attached hydrogen (secondary N) is 1. The van der Waals surface area contributed by atoms with Gasteiger partial charge in [0.1, 0.15) is 0 Å². The zero-order valence-corrected chi connectivity index (χ0v) is 13.5. The molecule has 0 fully saturated rings. The van der Waals surface area contributed by atoms with Crippen LogP contribution in [-0.2, 0) is 0 Å². The number of aromatic nitrogens is 2. The molecule has 0 unspecified atom stereocenters. The lowest BCUT2D eigenvalue weighted by Crippen LogP contribution is -1.82. The van der Waals surface area contributed by atoms with Crippen molar-refractivity contribution in [2.45, 2.75) is 0 Å². The van der Waals surface area contributed by atoms with Gasteiger partial charge < -0.3 is 4.98 Å². The molecular formula is C21H16N4. The topological polar surface area (TPSA) is 53.4 Å². The van der Waals surface area contributed by atoms with E-state index < -0.39 is 0 Å². The summed E-state index contributed by atoms with van der Waals surface area (Å²) in [5.74, 6) is 0.488. The van der Waals surface area contributed by atoms with Crippen molar-refractivity contribution in [3.05, 3.63) is 91.0 Å². The van der Waals surface area contributed by atoms with E-state index in [0.717, 1.165) is 28.2 Å². The van der Waals surface area contributed by atoms with Crippen LogP contribution in [0, 0.1) is 0 Å². The Labute approximate surface area is 145 Å². The van der Waals surface area contributed by atoms with Gasteiger partial charge in [-0.2, -0.15) is 0 Å². The summed E-state index contributed by atoms with van der Waals surface area (Å²) in [5, 5.41) is 8.52. The minimum Gasteiger partial charge on any atom is -0.320 e. The van der Waals surface area contributed by atoms with E-state index in [4.69, 9.17) is 0 Å². The fourth-order valence-corrected chi connectivity index (χ4v) is 2.63. The first-order valence-electron chi connectivity index (χ1n) is 8.08. The van der Waals surface area contributed by atoms with Crippen molar-refractivity contribution in [1.82, 2.24) is 9.97 Å². The average molecular weight is 324 g/mol. The monoisotopic (exact) mass is 324 g/mol. The number of benzene rings is 3. The zero-order chi connectivity index (χ0) is 16.9. The highest BCUT2D eigenvalue weighted by molar-refractivity contribution is 5.79. The molecule has 0 aliphatic heterocycles. The minimum atomic E-state index is 0.488. The minimum absolute atomic E-state index is 0.488. The van der Waals surface area contributed by atoms with Gasteiger partial charge in [0, 0.05) is 11.1 Å². The predicted molar refractivity (Wildman–Crippen MR) is 100 cm³/mol. The summed E-state index contributed by atoms with van der Waals surface area (Å²) in [4.78, 5) is 7.95. The Morgan fingerprint density at radius 2 is 1.16 bits per heavy atom. The Hall–Kier alpha value is -3.53. The first-order chi connectivity index (χ1) is 12.4. The van der Waals surface area contributed by atoms with Gasteiger partial charge >= 0.3 is 0 Å². The number of hydrogen-bond acceptors (Lipinski definition) is 3. The maximum Gasteiger partial charge on any atom is 0.247 e. The van der Waals surface area contributed by atoms with Crippen molar-refractivity contribution in [2.24, 2.45) is 10.2 Å². The highest BCUT2D eigenvalue weighted by atomic mass is 15.2. The van der Waals surface area contributed by atoms with E-state index >= 15 is 0 Å². The molecule has 4 nitrogen and oxygen atoms in total. The number of nitrogens with zero attached hydrogens (tertiary/aromatic N) is 3. The van der Waals surface area contributed by atoms with Crippen molar-refractivity contribution in [3.8, 4) is 22.5 Å². The van der Waals surface area contributed by atoms with E-state index in [-0.39, 0.29) is 0 Å². The first kappa shape index (κ1) is 15.0. The molecule has 0 atom stereocenters. The Balaban J connectivity index is 1.77. The summed E-state index contributed by atoms with van der Waals surface area (Å²) in [6.45, 7) is 0. The Kier molecular flexibility index (Phi) is 4.16. The number of imidazole rings is 1. The SMILES string of the molecule is c1ccc(N=Nc2nc(-c3ccccc3)c(-c3ccccc3)[nH]2)cc1. The zero-order valence-electron chi connectivity index (χ0n) is 13.5. The molecule has 0 aliphatic carbocycles. The molecule has 1 N–H and O–H groups in total. The van der Waals surface area contributed by atoms with Gasteiger partial charge in [-0.25, -0.2) is 4.98 Å². The summed E-state index contributed by atoms with van der Waals surface area (Å²) >= 11 is 0. The summed E-state index contributed by atoms with van der Waals surface area (Å²) in [5.41, 5.74) is 4.71. The van der Waals surface area contributed by atoms with Crippen LogP contribution in [0.25, 0.3) is 22.5 Å². The lowest BCUT2D eigenvalue weighted by atomic mass is 10.1. The smallest absolute Gasteiger partial charge is 0.247 e. The summed E-state index contributed by atoms with van der Waals surface area (Å²) < 4.78 is 0. The van der Waals surface area contributed by atoms with Crippen molar-refractivity contribution in [2.75, 3.05) is 0 Å². The van der Waals surface area contributed by atoms with Crippen LogP contribution in [0.15, 0.2) is 101 Å². The molecule has 0 spiro atoms. The van der Waals surface area contributed by atoms with Crippen LogP contribution in [0.1, 0.15) is 0 Å². The first-order valence-corrected chi connectivity index (χ1v) is 8.08. The van der Waals surface area contributed by atoms with Crippen LogP contribution in [0.2, 0.25) is 0 Å². The van der Waals surface area contributed by atoms with Crippen LogP contribution in [0.5, 0.6) is 0 Å². The lowest BCUT2D eigenvalue weighted by molar-refractivity contribution is 1.13.